The third kappa shape index (κ3) is 2.45. The van der Waals surface area contributed by atoms with Crippen molar-refractivity contribution >= 4 is 11.8 Å². The molecule has 1 aliphatic heterocycles. The summed E-state index contributed by atoms with van der Waals surface area (Å²) in [5.74, 6) is 0. The van der Waals surface area contributed by atoms with Crippen molar-refractivity contribution < 1.29 is 4.74 Å². The quantitative estimate of drug-likeness (QED) is 0.755. The molecule has 0 unspecified atom stereocenters. The average Bonchev–Trinajstić information content (AvgIpc) is 2.28. The van der Waals surface area contributed by atoms with E-state index in [9.17, 15) is 0 Å². The molecule has 1 aromatic rings. The van der Waals surface area contributed by atoms with Crippen LogP contribution < -0.4 is 4.90 Å². The molecule has 0 amide bonds. The Labute approximate surface area is 97.5 Å². The lowest BCUT2D eigenvalue weighted by Gasteiger charge is -2.36. The second-order valence-electron chi connectivity index (χ2n) is 4.46. The van der Waals surface area contributed by atoms with E-state index >= 15 is 0 Å². The van der Waals surface area contributed by atoms with Gasteiger partial charge in [-0.2, -0.15) is 0 Å². The van der Waals surface area contributed by atoms with Crippen LogP contribution in [0.3, 0.4) is 0 Å². The van der Waals surface area contributed by atoms with E-state index in [4.69, 9.17) is 4.74 Å². The Balaban J connectivity index is 2.13. The largest absolute Gasteiger partial charge is 0.372 e. The number of morpholine rings is 1. The molecular formula is C14H19NO. The van der Waals surface area contributed by atoms with E-state index < -0.39 is 0 Å². The van der Waals surface area contributed by atoms with Crippen molar-refractivity contribution in [3.8, 4) is 0 Å². The van der Waals surface area contributed by atoms with Gasteiger partial charge in [0.25, 0.3) is 0 Å². The Bertz CT molecular complexity index is 348. The molecule has 1 heterocycles. The van der Waals surface area contributed by atoms with Crippen LogP contribution in [0.25, 0.3) is 6.08 Å². The molecule has 0 aromatic heterocycles. The Morgan fingerprint density at radius 1 is 1.19 bits per heavy atom. The fourth-order valence-corrected chi connectivity index (χ4v) is 2.21. The predicted molar refractivity (Wildman–Crippen MR) is 68.8 cm³/mol. The Morgan fingerprint density at radius 3 is 2.25 bits per heavy atom. The van der Waals surface area contributed by atoms with Crippen LogP contribution in [0.5, 0.6) is 0 Å². The average molecular weight is 217 g/mol. The van der Waals surface area contributed by atoms with Crippen molar-refractivity contribution in [3.05, 3.63) is 36.4 Å². The minimum Gasteiger partial charge on any atom is -0.372 e. The number of hydrogen-bond acceptors (Lipinski definition) is 2. The van der Waals surface area contributed by atoms with Crippen LogP contribution in [-0.2, 0) is 4.74 Å². The molecule has 2 nitrogen and oxygen atoms in total. The molecule has 2 heteroatoms. The van der Waals surface area contributed by atoms with E-state index in [-0.39, 0.29) is 0 Å². The SMILES string of the molecule is C=Cc1ccc(N2C[C@@H](C)O[C@@H](C)C2)cc1. The maximum atomic E-state index is 5.72. The fourth-order valence-electron chi connectivity index (χ4n) is 2.21. The lowest BCUT2D eigenvalue weighted by molar-refractivity contribution is -0.00521. The summed E-state index contributed by atoms with van der Waals surface area (Å²) in [6.45, 7) is 9.96. The van der Waals surface area contributed by atoms with Gasteiger partial charge >= 0.3 is 0 Å². The number of anilines is 1. The minimum atomic E-state index is 0.308. The molecule has 2 rings (SSSR count). The van der Waals surface area contributed by atoms with Crippen LogP contribution in [-0.4, -0.2) is 25.3 Å². The second-order valence-corrected chi connectivity index (χ2v) is 4.46. The Kier molecular flexibility index (Phi) is 3.30. The van der Waals surface area contributed by atoms with Gasteiger partial charge in [-0.3, -0.25) is 0 Å². The van der Waals surface area contributed by atoms with Gasteiger partial charge in [0.1, 0.15) is 0 Å². The molecule has 0 radical (unpaired) electrons. The highest BCUT2D eigenvalue weighted by atomic mass is 16.5. The van der Waals surface area contributed by atoms with Gasteiger partial charge in [-0.1, -0.05) is 24.8 Å². The predicted octanol–water partition coefficient (Wildman–Crippen LogP) is 2.94. The topological polar surface area (TPSA) is 12.5 Å². The molecule has 1 aromatic carbocycles. The molecule has 0 N–H and O–H groups in total. The third-order valence-corrected chi connectivity index (χ3v) is 2.91. The van der Waals surface area contributed by atoms with Crippen LogP contribution in [0.2, 0.25) is 0 Å². The van der Waals surface area contributed by atoms with E-state index in [0.29, 0.717) is 12.2 Å². The highest BCUT2D eigenvalue weighted by Gasteiger charge is 2.21. The lowest BCUT2D eigenvalue weighted by atomic mass is 10.1. The van der Waals surface area contributed by atoms with Crippen LogP contribution in [0.4, 0.5) is 5.69 Å². The molecule has 0 aliphatic carbocycles. The van der Waals surface area contributed by atoms with Gasteiger partial charge in [0.05, 0.1) is 12.2 Å². The van der Waals surface area contributed by atoms with E-state index in [2.05, 4.69) is 49.6 Å². The smallest absolute Gasteiger partial charge is 0.0726 e. The van der Waals surface area contributed by atoms with Crippen molar-refractivity contribution in [1.29, 1.82) is 0 Å². The zero-order chi connectivity index (χ0) is 11.5. The summed E-state index contributed by atoms with van der Waals surface area (Å²) in [6.07, 6.45) is 2.49. The van der Waals surface area contributed by atoms with Crippen LogP contribution in [0.15, 0.2) is 30.8 Å². The zero-order valence-corrected chi connectivity index (χ0v) is 10.0. The summed E-state index contributed by atoms with van der Waals surface area (Å²) in [4.78, 5) is 2.38. The molecule has 1 saturated heterocycles. The van der Waals surface area contributed by atoms with Gasteiger partial charge in [-0.05, 0) is 31.5 Å². The number of nitrogens with zero attached hydrogens (tertiary/aromatic N) is 1. The van der Waals surface area contributed by atoms with Crippen LogP contribution >= 0.6 is 0 Å². The van der Waals surface area contributed by atoms with E-state index in [0.717, 1.165) is 18.7 Å². The summed E-state index contributed by atoms with van der Waals surface area (Å²) >= 11 is 0. The van der Waals surface area contributed by atoms with Crippen molar-refractivity contribution in [2.45, 2.75) is 26.1 Å². The first-order chi connectivity index (χ1) is 7.69. The number of hydrogen-bond donors (Lipinski definition) is 0. The number of benzene rings is 1. The first kappa shape index (κ1) is 11.2. The molecule has 0 saturated carbocycles. The standard InChI is InChI=1S/C14H19NO/c1-4-13-5-7-14(8-6-13)15-9-11(2)16-12(3)10-15/h4-8,11-12H,1,9-10H2,2-3H3/t11-,12+. The molecule has 0 bridgehead atoms. The van der Waals surface area contributed by atoms with Gasteiger partial charge in [0.15, 0.2) is 0 Å². The summed E-state index contributed by atoms with van der Waals surface area (Å²) in [5.41, 5.74) is 2.44. The maximum absolute atomic E-state index is 5.72. The minimum absolute atomic E-state index is 0.308. The van der Waals surface area contributed by atoms with Crippen molar-refractivity contribution in [2.24, 2.45) is 0 Å². The van der Waals surface area contributed by atoms with Crippen LogP contribution in [0, 0.1) is 0 Å². The third-order valence-electron chi connectivity index (χ3n) is 2.91. The molecule has 1 fully saturated rings. The molecule has 2 atom stereocenters. The van der Waals surface area contributed by atoms with Crippen molar-refractivity contribution in [1.82, 2.24) is 0 Å². The number of rotatable bonds is 2. The number of ether oxygens (including phenoxy) is 1. The first-order valence-corrected chi connectivity index (χ1v) is 5.82. The normalized spacial score (nSPS) is 25.5. The zero-order valence-electron chi connectivity index (χ0n) is 10.0. The summed E-state index contributed by atoms with van der Waals surface area (Å²) in [6, 6.07) is 8.52. The molecular weight excluding hydrogens is 198 g/mol. The second kappa shape index (κ2) is 4.71. The van der Waals surface area contributed by atoms with Gasteiger partial charge in [-0.15, -0.1) is 0 Å². The molecule has 0 spiro atoms. The molecule has 1 aliphatic rings. The summed E-state index contributed by atoms with van der Waals surface area (Å²) in [7, 11) is 0. The monoisotopic (exact) mass is 217 g/mol. The van der Waals surface area contributed by atoms with E-state index in [1.54, 1.807) is 0 Å². The van der Waals surface area contributed by atoms with Gasteiger partial charge in [-0.25, -0.2) is 0 Å². The summed E-state index contributed by atoms with van der Waals surface area (Å²) in [5, 5.41) is 0. The molecule has 16 heavy (non-hydrogen) atoms. The van der Waals surface area contributed by atoms with Gasteiger partial charge < -0.3 is 9.64 Å². The maximum Gasteiger partial charge on any atom is 0.0726 e. The van der Waals surface area contributed by atoms with E-state index in [1.807, 2.05) is 6.08 Å². The summed E-state index contributed by atoms with van der Waals surface area (Å²) < 4.78 is 5.72. The van der Waals surface area contributed by atoms with Gasteiger partial charge in [0.2, 0.25) is 0 Å². The van der Waals surface area contributed by atoms with Gasteiger partial charge in [0, 0.05) is 18.8 Å². The van der Waals surface area contributed by atoms with Crippen molar-refractivity contribution in [3.63, 3.8) is 0 Å². The molecule has 86 valence electrons. The fraction of sp³-hybridized carbons (Fsp3) is 0.429. The lowest BCUT2D eigenvalue weighted by Crippen LogP contribution is -2.45. The highest BCUT2D eigenvalue weighted by molar-refractivity contribution is 5.55. The Morgan fingerprint density at radius 2 is 1.75 bits per heavy atom. The highest BCUT2D eigenvalue weighted by Crippen LogP contribution is 2.20. The van der Waals surface area contributed by atoms with Crippen molar-refractivity contribution in [2.75, 3.05) is 18.0 Å². The van der Waals surface area contributed by atoms with E-state index in [1.165, 1.54) is 5.69 Å². The Hall–Kier alpha value is -1.28. The first-order valence-electron chi connectivity index (χ1n) is 5.82. The van der Waals surface area contributed by atoms with Crippen LogP contribution in [0.1, 0.15) is 19.4 Å².